The van der Waals surface area contributed by atoms with Gasteiger partial charge in [0.2, 0.25) is 5.91 Å². The second-order valence-electron chi connectivity index (χ2n) is 4.14. The van der Waals surface area contributed by atoms with Gasteiger partial charge >= 0.3 is 0 Å². The Morgan fingerprint density at radius 2 is 2.11 bits per heavy atom. The van der Waals surface area contributed by atoms with Crippen molar-refractivity contribution in [2.45, 2.75) is 32.7 Å². The summed E-state index contributed by atoms with van der Waals surface area (Å²) in [4.78, 5) is 11.6. The first-order valence-electron chi connectivity index (χ1n) is 6.40. The fourth-order valence-corrected chi connectivity index (χ4v) is 1.76. The van der Waals surface area contributed by atoms with Crippen LogP contribution in [-0.2, 0) is 9.53 Å². The Morgan fingerprint density at radius 1 is 1.37 bits per heavy atom. The summed E-state index contributed by atoms with van der Waals surface area (Å²) in [6, 6.07) is 2.72. The summed E-state index contributed by atoms with van der Waals surface area (Å²) < 4.78 is 31.8. The summed E-state index contributed by atoms with van der Waals surface area (Å²) in [5, 5.41) is 2.68. The van der Waals surface area contributed by atoms with E-state index in [-0.39, 0.29) is 17.9 Å². The van der Waals surface area contributed by atoms with Crippen LogP contribution in [0.15, 0.2) is 18.2 Å². The predicted molar refractivity (Wildman–Crippen MR) is 68.6 cm³/mol. The van der Waals surface area contributed by atoms with Gasteiger partial charge in [0.1, 0.15) is 11.6 Å². The zero-order valence-corrected chi connectivity index (χ0v) is 11.2. The van der Waals surface area contributed by atoms with Gasteiger partial charge in [0.25, 0.3) is 0 Å². The van der Waals surface area contributed by atoms with E-state index in [1.807, 2.05) is 6.92 Å². The largest absolute Gasteiger partial charge is 0.381 e. The summed E-state index contributed by atoms with van der Waals surface area (Å²) in [7, 11) is 0. The first kappa shape index (κ1) is 15.6. The van der Waals surface area contributed by atoms with Gasteiger partial charge in [-0.25, -0.2) is 8.78 Å². The number of rotatable bonds is 7. The van der Waals surface area contributed by atoms with Gasteiger partial charge in [0.15, 0.2) is 0 Å². The SMILES string of the molecule is CCOCCC(=O)NC(CC)c1cc(F)ccc1F. The van der Waals surface area contributed by atoms with Crippen molar-refractivity contribution in [3.63, 3.8) is 0 Å². The van der Waals surface area contributed by atoms with Crippen LogP contribution < -0.4 is 5.32 Å². The standard InChI is InChI=1S/C14H19F2NO2/c1-3-13(17-14(18)7-8-19-4-2)11-9-10(15)5-6-12(11)16/h5-6,9,13H,3-4,7-8H2,1-2H3,(H,17,18). The molecule has 19 heavy (non-hydrogen) atoms. The van der Waals surface area contributed by atoms with Gasteiger partial charge in [0, 0.05) is 18.6 Å². The van der Waals surface area contributed by atoms with Crippen molar-refractivity contribution < 1.29 is 18.3 Å². The maximum absolute atomic E-state index is 13.6. The zero-order chi connectivity index (χ0) is 14.3. The molecule has 0 bridgehead atoms. The minimum absolute atomic E-state index is 0.173. The number of hydrogen-bond donors (Lipinski definition) is 1. The van der Waals surface area contributed by atoms with Crippen LogP contribution in [0.25, 0.3) is 0 Å². The molecule has 0 heterocycles. The fourth-order valence-electron chi connectivity index (χ4n) is 1.76. The van der Waals surface area contributed by atoms with Crippen LogP contribution in [0.4, 0.5) is 8.78 Å². The molecule has 1 amide bonds. The number of benzene rings is 1. The fraction of sp³-hybridized carbons (Fsp3) is 0.500. The normalized spacial score (nSPS) is 12.2. The van der Waals surface area contributed by atoms with E-state index in [9.17, 15) is 13.6 Å². The van der Waals surface area contributed by atoms with Gasteiger partial charge < -0.3 is 10.1 Å². The molecular formula is C14H19F2NO2. The van der Waals surface area contributed by atoms with E-state index in [2.05, 4.69) is 5.32 Å². The van der Waals surface area contributed by atoms with Gasteiger partial charge in [0.05, 0.1) is 12.6 Å². The lowest BCUT2D eigenvalue weighted by Crippen LogP contribution is -2.29. The van der Waals surface area contributed by atoms with Crippen LogP contribution in [0.3, 0.4) is 0 Å². The lowest BCUT2D eigenvalue weighted by Gasteiger charge is -2.18. The number of hydrogen-bond acceptors (Lipinski definition) is 2. The molecule has 1 N–H and O–H groups in total. The van der Waals surface area contributed by atoms with Gasteiger partial charge in [-0.05, 0) is 31.5 Å². The van der Waals surface area contributed by atoms with Crippen LogP contribution in [0.1, 0.15) is 38.3 Å². The van der Waals surface area contributed by atoms with Crippen molar-refractivity contribution in [2.75, 3.05) is 13.2 Å². The molecule has 106 valence electrons. The molecule has 5 heteroatoms. The molecular weight excluding hydrogens is 252 g/mol. The predicted octanol–water partition coefficient (Wildman–Crippen LogP) is 2.96. The Balaban J connectivity index is 2.67. The summed E-state index contributed by atoms with van der Waals surface area (Å²) in [6.45, 7) is 4.51. The Morgan fingerprint density at radius 3 is 2.74 bits per heavy atom. The molecule has 0 aromatic heterocycles. The van der Waals surface area contributed by atoms with E-state index in [1.165, 1.54) is 0 Å². The van der Waals surface area contributed by atoms with Gasteiger partial charge in [-0.15, -0.1) is 0 Å². The van der Waals surface area contributed by atoms with Crippen molar-refractivity contribution in [1.82, 2.24) is 5.32 Å². The highest BCUT2D eigenvalue weighted by molar-refractivity contribution is 5.76. The van der Waals surface area contributed by atoms with Crippen LogP contribution >= 0.6 is 0 Å². The van der Waals surface area contributed by atoms with E-state index in [1.54, 1.807) is 6.92 Å². The minimum Gasteiger partial charge on any atom is -0.381 e. The number of carbonyl (C=O) groups excluding carboxylic acids is 1. The van der Waals surface area contributed by atoms with Crippen LogP contribution in [0.2, 0.25) is 0 Å². The minimum atomic E-state index is -0.523. The summed E-state index contributed by atoms with van der Waals surface area (Å²) >= 11 is 0. The molecule has 1 aromatic carbocycles. The molecule has 0 radical (unpaired) electrons. The molecule has 1 unspecified atom stereocenters. The lowest BCUT2D eigenvalue weighted by atomic mass is 10.0. The van der Waals surface area contributed by atoms with Crippen molar-refractivity contribution in [2.24, 2.45) is 0 Å². The molecule has 1 aromatic rings. The number of nitrogens with one attached hydrogen (secondary N) is 1. The van der Waals surface area contributed by atoms with Crippen molar-refractivity contribution in [3.05, 3.63) is 35.4 Å². The zero-order valence-electron chi connectivity index (χ0n) is 11.2. The summed E-state index contributed by atoms with van der Waals surface area (Å²) in [5.41, 5.74) is 0.173. The lowest BCUT2D eigenvalue weighted by molar-refractivity contribution is -0.122. The Kier molecular flexibility index (Phi) is 6.42. The maximum atomic E-state index is 13.6. The Bertz CT molecular complexity index is 424. The van der Waals surface area contributed by atoms with E-state index < -0.39 is 17.7 Å². The molecule has 0 fully saturated rings. The second-order valence-corrected chi connectivity index (χ2v) is 4.14. The number of ether oxygens (including phenoxy) is 1. The highest BCUT2D eigenvalue weighted by Gasteiger charge is 2.17. The van der Waals surface area contributed by atoms with E-state index >= 15 is 0 Å². The first-order chi connectivity index (χ1) is 9.08. The smallest absolute Gasteiger partial charge is 0.222 e. The molecule has 1 rings (SSSR count). The van der Waals surface area contributed by atoms with E-state index in [0.717, 1.165) is 18.2 Å². The Hall–Kier alpha value is -1.49. The number of carbonyl (C=O) groups is 1. The van der Waals surface area contributed by atoms with Crippen LogP contribution in [0, 0.1) is 11.6 Å². The van der Waals surface area contributed by atoms with Crippen molar-refractivity contribution >= 4 is 5.91 Å². The molecule has 0 saturated heterocycles. The maximum Gasteiger partial charge on any atom is 0.222 e. The molecule has 0 aliphatic rings. The first-order valence-corrected chi connectivity index (χ1v) is 6.40. The molecule has 1 atom stereocenters. The summed E-state index contributed by atoms with van der Waals surface area (Å²) in [5.74, 6) is -1.26. The average molecular weight is 271 g/mol. The van der Waals surface area contributed by atoms with Crippen molar-refractivity contribution in [3.8, 4) is 0 Å². The molecule has 0 aliphatic heterocycles. The Labute approximate surface area is 112 Å². The second kappa shape index (κ2) is 7.84. The van der Waals surface area contributed by atoms with E-state index in [4.69, 9.17) is 4.74 Å². The van der Waals surface area contributed by atoms with Gasteiger partial charge in [-0.1, -0.05) is 6.92 Å². The molecule has 0 saturated carbocycles. The third-order valence-electron chi connectivity index (χ3n) is 2.75. The molecule has 0 aliphatic carbocycles. The average Bonchev–Trinajstić information content (AvgIpc) is 2.39. The highest BCUT2D eigenvalue weighted by Crippen LogP contribution is 2.21. The highest BCUT2D eigenvalue weighted by atomic mass is 19.1. The van der Waals surface area contributed by atoms with Crippen LogP contribution in [-0.4, -0.2) is 19.1 Å². The van der Waals surface area contributed by atoms with Gasteiger partial charge in [-0.2, -0.15) is 0 Å². The van der Waals surface area contributed by atoms with E-state index in [0.29, 0.717) is 19.6 Å². The van der Waals surface area contributed by atoms with Crippen molar-refractivity contribution in [1.29, 1.82) is 0 Å². The number of halogens is 2. The third-order valence-corrected chi connectivity index (χ3v) is 2.75. The quantitative estimate of drug-likeness (QED) is 0.774. The van der Waals surface area contributed by atoms with Gasteiger partial charge in [-0.3, -0.25) is 4.79 Å². The topological polar surface area (TPSA) is 38.3 Å². The number of amides is 1. The molecule has 3 nitrogen and oxygen atoms in total. The van der Waals surface area contributed by atoms with Crippen LogP contribution in [0.5, 0.6) is 0 Å². The molecule has 0 spiro atoms. The third kappa shape index (κ3) is 4.95. The monoisotopic (exact) mass is 271 g/mol. The summed E-state index contributed by atoms with van der Waals surface area (Å²) in [6.07, 6.45) is 0.696.